The van der Waals surface area contributed by atoms with Gasteiger partial charge in [-0.1, -0.05) is 30.3 Å². The smallest absolute Gasteiger partial charge is 0.266 e. The van der Waals surface area contributed by atoms with E-state index in [1.165, 1.54) is 4.68 Å². The zero-order valence-corrected chi connectivity index (χ0v) is 13.1. The van der Waals surface area contributed by atoms with Crippen LogP contribution in [0.25, 0.3) is 10.8 Å². The van der Waals surface area contributed by atoms with Crippen molar-refractivity contribution in [3.8, 4) is 11.8 Å². The lowest BCUT2D eigenvalue weighted by atomic mass is 10.1. The number of ether oxygens (including phenoxy) is 1. The molecule has 0 radical (unpaired) electrons. The van der Waals surface area contributed by atoms with Crippen molar-refractivity contribution in [1.82, 2.24) is 9.78 Å². The Morgan fingerprint density at radius 3 is 2.88 bits per heavy atom. The van der Waals surface area contributed by atoms with Gasteiger partial charge in [-0.15, -0.1) is 0 Å². The van der Waals surface area contributed by atoms with Crippen molar-refractivity contribution in [2.45, 2.75) is 19.6 Å². The molecule has 0 aliphatic carbocycles. The number of nitriles is 1. The number of hydrogen-bond acceptors (Lipinski definition) is 4. The Bertz CT molecular complexity index is 911. The van der Waals surface area contributed by atoms with E-state index in [1.54, 1.807) is 19.2 Å². The molecule has 0 spiro atoms. The Kier molecular flexibility index (Phi) is 4.43. The zero-order chi connectivity index (χ0) is 16.9. The molecule has 1 heterocycles. The predicted octanol–water partition coefficient (Wildman–Crippen LogP) is 2.97. The number of nitrogens with zero attached hydrogens (tertiary/aromatic N) is 3. The topological polar surface area (TPSA) is 79.9 Å². The molecule has 1 atom stereocenters. The van der Waals surface area contributed by atoms with Crippen LogP contribution in [0.2, 0.25) is 0 Å². The number of nitrogens with one attached hydrogen (secondary N) is 1. The molecule has 3 rings (SSSR count). The highest BCUT2D eigenvalue weighted by atomic mass is 16.5. The normalized spacial score (nSPS) is 11.7. The summed E-state index contributed by atoms with van der Waals surface area (Å²) < 4.78 is 7.16. The molecule has 1 aromatic heterocycles. The quantitative estimate of drug-likeness (QED) is 0.784. The standard InChI is InChI=1S/C18H16N4O2/c1-13(18(23)20-17-8-10-22(21-17)11-9-19)24-16-7-6-14-4-2-3-5-15(14)12-16/h2-8,10,12-13H,11H2,1H3,(H,20,21,23). The van der Waals surface area contributed by atoms with Crippen LogP contribution in [0.1, 0.15) is 6.92 Å². The molecule has 0 fully saturated rings. The molecule has 1 amide bonds. The molecule has 6 nitrogen and oxygen atoms in total. The van der Waals surface area contributed by atoms with E-state index in [1.807, 2.05) is 48.5 Å². The highest BCUT2D eigenvalue weighted by Crippen LogP contribution is 2.21. The molecule has 120 valence electrons. The largest absolute Gasteiger partial charge is 0.481 e. The van der Waals surface area contributed by atoms with Gasteiger partial charge < -0.3 is 10.1 Å². The molecule has 2 aromatic carbocycles. The first-order valence-corrected chi connectivity index (χ1v) is 7.52. The SMILES string of the molecule is CC(Oc1ccc2ccccc2c1)C(=O)Nc1ccn(CC#N)n1. The minimum atomic E-state index is -0.674. The average molecular weight is 320 g/mol. The van der Waals surface area contributed by atoms with E-state index in [9.17, 15) is 4.79 Å². The first-order valence-electron chi connectivity index (χ1n) is 7.52. The summed E-state index contributed by atoms with van der Waals surface area (Å²) in [4.78, 5) is 12.2. The Morgan fingerprint density at radius 2 is 2.08 bits per heavy atom. The Morgan fingerprint density at radius 1 is 1.29 bits per heavy atom. The van der Waals surface area contributed by atoms with E-state index in [4.69, 9.17) is 10.00 Å². The number of hydrogen-bond donors (Lipinski definition) is 1. The van der Waals surface area contributed by atoms with E-state index in [2.05, 4.69) is 10.4 Å². The fraction of sp³-hybridized carbons (Fsp3) is 0.167. The summed E-state index contributed by atoms with van der Waals surface area (Å²) in [6, 6.07) is 17.3. The number of carbonyl (C=O) groups excluding carboxylic acids is 1. The van der Waals surface area contributed by atoms with Gasteiger partial charge in [0.05, 0.1) is 6.07 Å². The van der Waals surface area contributed by atoms with E-state index < -0.39 is 6.10 Å². The van der Waals surface area contributed by atoms with Gasteiger partial charge in [0.1, 0.15) is 12.3 Å². The molecular formula is C18H16N4O2. The number of amides is 1. The Balaban J connectivity index is 1.65. The number of rotatable bonds is 5. The second-order valence-corrected chi connectivity index (χ2v) is 5.31. The highest BCUT2D eigenvalue weighted by molar-refractivity contribution is 5.93. The van der Waals surface area contributed by atoms with Gasteiger partial charge in [0, 0.05) is 12.3 Å². The number of benzene rings is 2. The molecule has 0 aliphatic rings. The van der Waals surface area contributed by atoms with Crippen molar-refractivity contribution in [2.75, 3.05) is 5.32 Å². The van der Waals surface area contributed by atoms with Crippen LogP contribution in [0, 0.1) is 11.3 Å². The van der Waals surface area contributed by atoms with Crippen LogP contribution in [-0.2, 0) is 11.3 Å². The maximum absolute atomic E-state index is 12.2. The third-order valence-electron chi connectivity index (χ3n) is 3.53. The van der Waals surface area contributed by atoms with Crippen LogP contribution in [0.5, 0.6) is 5.75 Å². The van der Waals surface area contributed by atoms with Crippen LogP contribution in [0.15, 0.2) is 54.7 Å². The minimum Gasteiger partial charge on any atom is -0.481 e. The fourth-order valence-corrected chi connectivity index (χ4v) is 2.32. The van der Waals surface area contributed by atoms with Crippen molar-refractivity contribution < 1.29 is 9.53 Å². The maximum Gasteiger partial charge on any atom is 0.266 e. The van der Waals surface area contributed by atoms with Crippen molar-refractivity contribution in [3.05, 3.63) is 54.7 Å². The van der Waals surface area contributed by atoms with Gasteiger partial charge in [-0.05, 0) is 29.8 Å². The summed E-state index contributed by atoms with van der Waals surface area (Å²) in [5.41, 5.74) is 0. The lowest BCUT2D eigenvalue weighted by Crippen LogP contribution is -2.30. The van der Waals surface area contributed by atoms with Gasteiger partial charge in [-0.25, -0.2) is 0 Å². The maximum atomic E-state index is 12.2. The van der Waals surface area contributed by atoms with E-state index in [0.29, 0.717) is 11.6 Å². The summed E-state index contributed by atoms with van der Waals surface area (Å²) in [7, 11) is 0. The van der Waals surface area contributed by atoms with Crippen molar-refractivity contribution >= 4 is 22.5 Å². The summed E-state index contributed by atoms with van der Waals surface area (Å²) in [5, 5.41) is 17.5. The van der Waals surface area contributed by atoms with Crippen molar-refractivity contribution in [2.24, 2.45) is 0 Å². The Hall–Kier alpha value is -3.33. The number of carbonyl (C=O) groups is 1. The Labute approximate surface area is 139 Å². The lowest BCUT2D eigenvalue weighted by molar-refractivity contribution is -0.122. The number of fused-ring (bicyclic) bond motifs is 1. The lowest BCUT2D eigenvalue weighted by Gasteiger charge is -2.14. The number of aromatic nitrogens is 2. The van der Waals surface area contributed by atoms with Gasteiger partial charge in [0.25, 0.3) is 5.91 Å². The van der Waals surface area contributed by atoms with Crippen LogP contribution >= 0.6 is 0 Å². The molecule has 0 saturated carbocycles. The van der Waals surface area contributed by atoms with Crippen LogP contribution in [0.3, 0.4) is 0 Å². The third-order valence-corrected chi connectivity index (χ3v) is 3.53. The molecule has 3 aromatic rings. The van der Waals surface area contributed by atoms with Crippen LogP contribution in [0.4, 0.5) is 5.82 Å². The van der Waals surface area contributed by atoms with Gasteiger partial charge >= 0.3 is 0 Å². The van der Waals surface area contributed by atoms with E-state index >= 15 is 0 Å². The summed E-state index contributed by atoms with van der Waals surface area (Å²) in [5.74, 6) is 0.723. The molecule has 1 N–H and O–H groups in total. The van der Waals surface area contributed by atoms with Gasteiger partial charge in [0.15, 0.2) is 11.9 Å². The molecule has 0 aliphatic heterocycles. The molecule has 0 bridgehead atoms. The number of anilines is 1. The molecule has 1 unspecified atom stereocenters. The fourth-order valence-electron chi connectivity index (χ4n) is 2.32. The predicted molar refractivity (Wildman–Crippen MR) is 90.5 cm³/mol. The van der Waals surface area contributed by atoms with Crippen molar-refractivity contribution in [1.29, 1.82) is 5.26 Å². The first kappa shape index (κ1) is 15.6. The second-order valence-electron chi connectivity index (χ2n) is 5.31. The van der Waals surface area contributed by atoms with Crippen LogP contribution < -0.4 is 10.1 Å². The molecule has 0 saturated heterocycles. The molecule has 24 heavy (non-hydrogen) atoms. The second kappa shape index (κ2) is 6.84. The van der Waals surface area contributed by atoms with E-state index in [-0.39, 0.29) is 12.5 Å². The minimum absolute atomic E-state index is 0.138. The van der Waals surface area contributed by atoms with Gasteiger partial charge in [-0.2, -0.15) is 10.4 Å². The highest BCUT2D eigenvalue weighted by Gasteiger charge is 2.16. The van der Waals surface area contributed by atoms with Crippen LogP contribution in [-0.4, -0.2) is 21.8 Å². The average Bonchev–Trinajstić information content (AvgIpc) is 3.02. The van der Waals surface area contributed by atoms with Gasteiger partial charge in [0.2, 0.25) is 0 Å². The molecule has 6 heteroatoms. The molecular weight excluding hydrogens is 304 g/mol. The zero-order valence-electron chi connectivity index (χ0n) is 13.1. The third kappa shape index (κ3) is 3.52. The van der Waals surface area contributed by atoms with Crippen molar-refractivity contribution in [3.63, 3.8) is 0 Å². The first-order chi connectivity index (χ1) is 11.7. The summed E-state index contributed by atoms with van der Waals surface area (Å²) >= 11 is 0. The monoisotopic (exact) mass is 320 g/mol. The van der Waals surface area contributed by atoms with E-state index in [0.717, 1.165) is 10.8 Å². The summed E-state index contributed by atoms with van der Waals surface area (Å²) in [6.45, 7) is 1.82. The summed E-state index contributed by atoms with van der Waals surface area (Å²) in [6.07, 6.45) is 0.959. The van der Waals surface area contributed by atoms with Gasteiger partial charge in [-0.3, -0.25) is 9.48 Å².